The summed E-state index contributed by atoms with van der Waals surface area (Å²) >= 11 is 0. The number of nitrogens with one attached hydrogen (secondary N) is 2. The first-order chi connectivity index (χ1) is 5.85. The molecule has 0 aromatic carbocycles. The number of likely N-dealkylation sites (N-methyl/N-ethyl adjacent to an activating group) is 1. The van der Waals surface area contributed by atoms with Crippen molar-refractivity contribution in [2.24, 2.45) is 0 Å². The molecule has 3 nitrogen and oxygen atoms in total. The highest BCUT2D eigenvalue weighted by Crippen LogP contribution is 2.22. The molecule has 2 aliphatic rings. The third-order valence-corrected chi connectivity index (χ3v) is 3.15. The number of likely N-dealkylation sites (tertiary alicyclic amines) is 1. The molecule has 2 fully saturated rings. The van der Waals surface area contributed by atoms with Crippen LogP contribution in [-0.4, -0.2) is 43.3 Å². The van der Waals surface area contributed by atoms with Crippen molar-refractivity contribution in [2.75, 3.05) is 32.8 Å². The first kappa shape index (κ1) is 8.48. The number of rotatable bonds is 1. The van der Waals surface area contributed by atoms with Crippen LogP contribution in [0.4, 0.5) is 0 Å². The van der Waals surface area contributed by atoms with E-state index in [-0.39, 0.29) is 2.85 Å². The van der Waals surface area contributed by atoms with E-state index in [4.69, 9.17) is 0 Å². The quantitative estimate of drug-likeness (QED) is 0.604. The van der Waals surface area contributed by atoms with Crippen LogP contribution in [0.2, 0.25) is 0 Å². The van der Waals surface area contributed by atoms with Crippen molar-refractivity contribution in [1.29, 1.82) is 0 Å². The fraction of sp³-hybridized carbons (Fsp3) is 1.00. The summed E-state index contributed by atoms with van der Waals surface area (Å²) in [5.41, 5.74) is 0.411. The Bertz CT molecular complexity index is 160. The molecule has 1 atom stereocenters. The third kappa shape index (κ3) is 1.49. The molecule has 3 heteroatoms. The van der Waals surface area contributed by atoms with Crippen LogP contribution < -0.4 is 10.6 Å². The zero-order valence-corrected chi connectivity index (χ0v) is 7.90. The fourth-order valence-corrected chi connectivity index (χ4v) is 2.40. The Balaban J connectivity index is 0.000000845. The van der Waals surface area contributed by atoms with Gasteiger partial charge >= 0.3 is 0 Å². The molecule has 0 saturated carbocycles. The first-order valence-corrected chi connectivity index (χ1v) is 5.03. The lowest BCUT2D eigenvalue weighted by molar-refractivity contribution is 0.149. The van der Waals surface area contributed by atoms with Gasteiger partial charge in [0.05, 0.1) is 0 Å². The third-order valence-electron chi connectivity index (χ3n) is 3.15. The second kappa shape index (κ2) is 3.32. The van der Waals surface area contributed by atoms with E-state index in [1.807, 2.05) is 0 Å². The molecular formula is C9H23N3. The Morgan fingerprint density at radius 1 is 1.58 bits per heavy atom. The zero-order chi connectivity index (χ0) is 8.44. The van der Waals surface area contributed by atoms with Crippen molar-refractivity contribution in [1.82, 2.24) is 15.5 Å². The molecule has 74 valence electrons. The van der Waals surface area contributed by atoms with Crippen LogP contribution in [0, 0.1) is 0 Å². The molecule has 0 radical (unpaired) electrons. The lowest BCUT2D eigenvalue weighted by atomic mass is 9.90. The van der Waals surface area contributed by atoms with E-state index in [0.29, 0.717) is 5.54 Å². The molecule has 2 aliphatic heterocycles. The van der Waals surface area contributed by atoms with Crippen LogP contribution in [0.5, 0.6) is 0 Å². The molecular weight excluding hydrogens is 150 g/mol. The molecule has 1 unspecified atom stereocenters. The van der Waals surface area contributed by atoms with E-state index in [0.717, 1.165) is 13.2 Å². The summed E-state index contributed by atoms with van der Waals surface area (Å²) < 4.78 is 0. The van der Waals surface area contributed by atoms with E-state index in [1.54, 1.807) is 0 Å². The highest BCUT2D eigenvalue weighted by Gasteiger charge is 2.36. The van der Waals surface area contributed by atoms with E-state index in [1.165, 1.54) is 32.5 Å². The average molecular weight is 173 g/mol. The largest absolute Gasteiger partial charge is 0.303 e. The van der Waals surface area contributed by atoms with E-state index >= 15 is 0 Å². The van der Waals surface area contributed by atoms with Gasteiger partial charge in [-0.15, -0.1) is 0 Å². The molecule has 1 spiro atoms. The minimum absolute atomic E-state index is 0. The molecule has 12 heavy (non-hydrogen) atoms. The van der Waals surface area contributed by atoms with Gasteiger partial charge in [0.1, 0.15) is 0 Å². The van der Waals surface area contributed by atoms with Crippen molar-refractivity contribution < 1.29 is 2.85 Å². The minimum atomic E-state index is 0. The number of hydrogen-bond acceptors (Lipinski definition) is 3. The van der Waals surface area contributed by atoms with E-state index in [9.17, 15) is 0 Å². The van der Waals surface area contributed by atoms with Gasteiger partial charge in [-0.05, 0) is 25.9 Å². The van der Waals surface area contributed by atoms with Crippen LogP contribution in [0.1, 0.15) is 22.6 Å². The SMILES string of the molecule is CCN1CCCC2(CNCN2)C1.[HH].[HH]. The molecule has 0 aliphatic carbocycles. The van der Waals surface area contributed by atoms with Gasteiger partial charge < -0.3 is 10.2 Å². The highest BCUT2D eigenvalue weighted by atomic mass is 15.3. The fourth-order valence-electron chi connectivity index (χ4n) is 2.40. The Hall–Kier alpha value is -0.120. The maximum absolute atomic E-state index is 3.58. The van der Waals surface area contributed by atoms with Gasteiger partial charge in [0, 0.05) is 28.2 Å². The summed E-state index contributed by atoms with van der Waals surface area (Å²) in [4.78, 5) is 2.55. The van der Waals surface area contributed by atoms with Gasteiger partial charge in [-0.3, -0.25) is 5.32 Å². The topological polar surface area (TPSA) is 27.3 Å². The minimum Gasteiger partial charge on any atom is -0.303 e. The second-order valence-corrected chi connectivity index (χ2v) is 4.03. The first-order valence-electron chi connectivity index (χ1n) is 5.03. The van der Waals surface area contributed by atoms with Gasteiger partial charge in [-0.1, -0.05) is 6.92 Å². The molecule has 2 saturated heterocycles. The maximum Gasteiger partial charge on any atom is 0.0460 e. The molecule has 2 N–H and O–H groups in total. The van der Waals surface area contributed by atoms with Crippen LogP contribution in [0.25, 0.3) is 0 Å². The van der Waals surface area contributed by atoms with Crippen molar-refractivity contribution in [3.8, 4) is 0 Å². The van der Waals surface area contributed by atoms with Crippen molar-refractivity contribution >= 4 is 0 Å². The number of hydrogen-bond donors (Lipinski definition) is 2. The summed E-state index contributed by atoms with van der Waals surface area (Å²) in [6.07, 6.45) is 2.69. The smallest absolute Gasteiger partial charge is 0.0460 e. The highest BCUT2D eigenvalue weighted by molar-refractivity contribution is 4.99. The summed E-state index contributed by atoms with van der Waals surface area (Å²) in [5.74, 6) is 0. The van der Waals surface area contributed by atoms with Crippen LogP contribution in [0.3, 0.4) is 0 Å². The van der Waals surface area contributed by atoms with Crippen molar-refractivity contribution in [3.05, 3.63) is 0 Å². The molecule has 0 aromatic heterocycles. The van der Waals surface area contributed by atoms with E-state index < -0.39 is 0 Å². The maximum atomic E-state index is 3.58. The van der Waals surface area contributed by atoms with Crippen molar-refractivity contribution in [3.63, 3.8) is 0 Å². The Labute approximate surface area is 77.5 Å². The van der Waals surface area contributed by atoms with Crippen LogP contribution >= 0.6 is 0 Å². The molecule has 2 heterocycles. The molecule has 0 amide bonds. The van der Waals surface area contributed by atoms with Gasteiger partial charge in [-0.25, -0.2) is 0 Å². The average Bonchev–Trinajstić information content (AvgIpc) is 2.53. The monoisotopic (exact) mass is 173 g/mol. The van der Waals surface area contributed by atoms with Crippen LogP contribution in [-0.2, 0) is 0 Å². The standard InChI is InChI=1S/C9H19N3.2H2/c1-2-12-5-3-4-9(7-12)6-10-8-11-9;;/h10-11H,2-8H2,1H3;2*1H. The second-order valence-electron chi connectivity index (χ2n) is 4.03. The number of piperidine rings is 1. The number of nitrogens with zero attached hydrogens (tertiary/aromatic N) is 1. The van der Waals surface area contributed by atoms with Crippen LogP contribution in [0.15, 0.2) is 0 Å². The van der Waals surface area contributed by atoms with E-state index in [2.05, 4.69) is 22.5 Å². The Morgan fingerprint density at radius 3 is 3.17 bits per heavy atom. The van der Waals surface area contributed by atoms with Gasteiger partial charge in [0.25, 0.3) is 0 Å². The Morgan fingerprint density at radius 2 is 2.50 bits per heavy atom. The molecule has 0 bridgehead atoms. The van der Waals surface area contributed by atoms with Gasteiger partial charge in [-0.2, -0.15) is 0 Å². The predicted molar refractivity (Wildman–Crippen MR) is 54.3 cm³/mol. The van der Waals surface area contributed by atoms with Gasteiger partial charge in [0.15, 0.2) is 0 Å². The molecule has 2 rings (SSSR count). The normalized spacial score (nSPS) is 37.8. The molecule has 0 aromatic rings. The summed E-state index contributed by atoms with van der Waals surface area (Å²) in [6.45, 7) is 8.13. The van der Waals surface area contributed by atoms with Gasteiger partial charge in [0.2, 0.25) is 0 Å². The Kier molecular flexibility index (Phi) is 2.35. The summed E-state index contributed by atoms with van der Waals surface area (Å²) in [7, 11) is 0. The summed E-state index contributed by atoms with van der Waals surface area (Å²) in [6, 6.07) is 0. The lowest BCUT2D eigenvalue weighted by Crippen LogP contribution is -2.55. The predicted octanol–water partition coefficient (Wildman–Crippen LogP) is 0.483. The zero-order valence-electron chi connectivity index (χ0n) is 7.90. The lowest BCUT2D eigenvalue weighted by Gasteiger charge is -2.39. The van der Waals surface area contributed by atoms with Crippen molar-refractivity contribution in [2.45, 2.75) is 25.3 Å². The summed E-state index contributed by atoms with van der Waals surface area (Å²) in [5, 5.41) is 6.97.